The minimum absolute atomic E-state index is 0.690. The van der Waals surface area contributed by atoms with Gasteiger partial charge in [0.2, 0.25) is 0 Å². The van der Waals surface area contributed by atoms with Gasteiger partial charge in [0.05, 0.1) is 0 Å². The van der Waals surface area contributed by atoms with E-state index in [9.17, 15) is 0 Å². The molecule has 1 rings (SSSR count). The van der Waals surface area contributed by atoms with E-state index in [1.165, 1.54) is 13.0 Å². The van der Waals surface area contributed by atoms with Crippen LogP contribution in [0.3, 0.4) is 0 Å². The zero-order valence-electron chi connectivity index (χ0n) is 9.09. The first-order valence-corrected chi connectivity index (χ1v) is 5.29. The first-order valence-electron chi connectivity index (χ1n) is 5.29. The average molecular weight is 182 g/mol. The lowest BCUT2D eigenvalue weighted by molar-refractivity contribution is 0.167. The fourth-order valence-electron chi connectivity index (χ4n) is 1.96. The molecule has 0 aromatic heterocycles. The third kappa shape index (κ3) is 3.12. The molecular formula is C11H22N2. The van der Waals surface area contributed by atoms with Crippen LogP contribution in [0.2, 0.25) is 0 Å². The maximum absolute atomic E-state index is 3.28. The van der Waals surface area contributed by atoms with Crippen LogP contribution in [0.4, 0.5) is 0 Å². The molecule has 1 aliphatic rings. The summed E-state index contributed by atoms with van der Waals surface area (Å²) in [5.41, 5.74) is 0. The van der Waals surface area contributed by atoms with Crippen LogP contribution in [0.1, 0.15) is 20.3 Å². The van der Waals surface area contributed by atoms with Gasteiger partial charge in [0, 0.05) is 25.7 Å². The van der Waals surface area contributed by atoms with Crippen LogP contribution < -0.4 is 5.32 Å². The van der Waals surface area contributed by atoms with E-state index in [1.54, 1.807) is 0 Å². The molecule has 0 radical (unpaired) electrons. The number of hydrogen-bond donors (Lipinski definition) is 1. The molecule has 2 nitrogen and oxygen atoms in total. The quantitative estimate of drug-likeness (QED) is 0.663. The monoisotopic (exact) mass is 182 g/mol. The van der Waals surface area contributed by atoms with Gasteiger partial charge in [0.1, 0.15) is 0 Å². The molecule has 0 bridgehead atoms. The van der Waals surface area contributed by atoms with Crippen LogP contribution in [-0.2, 0) is 0 Å². The highest BCUT2D eigenvalue weighted by Gasteiger charge is 2.20. The summed E-state index contributed by atoms with van der Waals surface area (Å²) in [6.45, 7) is 8.07. The minimum Gasteiger partial charge on any atom is -0.318 e. The Morgan fingerprint density at radius 1 is 1.38 bits per heavy atom. The SMILES string of the molecule is CNCC(C(C)C)N1CC=CCC1. The average Bonchev–Trinajstić information content (AvgIpc) is 2.15. The molecular weight excluding hydrogens is 160 g/mol. The zero-order valence-corrected chi connectivity index (χ0v) is 9.09. The van der Waals surface area contributed by atoms with Gasteiger partial charge >= 0.3 is 0 Å². The number of likely N-dealkylation sites (N-methyl/N-ethyl adjacent to an activating group) is 1. The van der Waals surface area contributed by atoms with Crippen LogP contribution in [0.25, 0.3) is 0 Å². The van der Waals surface area contributed by atoms with Gasteiger partial charge in [-0.3, -0.25) is 4.90 Å². The van der Waals surface area contributed by atoms with Crippen LogP contribution >= 0.6 is 0 Å². The summed E-state index contributed by atoms with van der Waals surface area (Å²) in [7, 11) is 2.04. The maximum atomic E-state index is 3.28. The summed E-state index contributed by atoms with van der Waals surface area (Å²) in [5.74, 6) is 0.735. The van der Waals surface area contributed by atoms with Crippen LogP contribution in [0, 0.1) is 5.92 Å². The minimum atomic E-state index is 0.690. The predicted molar refractivity (Wildman–Crippen MR) is 57.9 cm³/mol. The highest BCUT2D eigenvalue weighted by atomic mass is 15.2. The van der Waals surface area contributed by atoms with Crippen molar-refractivity contribution in [3.05, 3.63) is 12.2 Å². The number of nitrogens with one attached hydrogen (secondary N) is 1. The van der Waals surface area contributed by atoms with Crippen molar-refractivity contribution in [3.63, 3.8) is 0 Å². The van der Waals surface area contributed by atoms with Gasteiger partial charge in [-0.25, -0.2) is 0 Å². The molecule has 2 heteroatoms. The Labute approximate surface area is 82.0 Å². The van der Waals surface area contributed by atoms with E-state index < -0.39 is 0 Å². The molecule has 1 N–H and O–H groups in total. The molecule has 0 aromatic rings. The third-order valence-electron chi connectivity index (χ3n) is 2.74. The van der Waals surface area contributed by atoms with Crippen molar-refractivity contribution < 1.29 is 0 Å². The molecule has 0 fully saturated rings. The van der Waals surface area contributed by atoms with E-state index in [0.717, 1.165) is 19.0 Å². The molecule has 1 aliphatic heterocycles. The van der Waals surface area contributed by atoms with E-state index >= 15 is 0 Å². The van der Waals surface area contributed by atoms with E-state index in [2.05, 4.69) is 36.2 Å². The Hall–Kier alpha value is -0.340. The van der Waals surface area contributed by atoms with Crippen molar-refractivity contribution in [1.82, 2.24) is 10.2 Å². The normalized spacial score (nSPS) is 20.9. The molecule has 1 unspecified atom stereocenters. The fraction of sp³-hybridized carbons (Fsp3) is 0.818. The van der Waals surface area contributed by atoms with Crippen molar-refractivity contribution >= 4 is 0 Å². The molecule has 13 heavy (non-hydrogen) atoms. The van der Waals surface area contributed by atoms with E-state index in [0.29, 0.717) is 6.04 Å². The predicted octanol–water partition coefficient (Wildman–Crippen LogP) is 1.49. The standard InChI is InChI=1S/C11H22N2/c1-10(2)11(9-12-3)13-7-5-4-6-8-13/h4-5,10-12H,6-9H2,1-3H3. The summed E-state index contributed by atoms with van der Waals surface area (Å²) < 4.78 is 0. The number of rotatable bonds is 4. The van der Waals surface area contributed by atoms with Gasteiger partial charge in [-0.2, -0.15) is 0 Å². The molecule has 0 spiro atoms. The second-order valence-electron chi connectivity index (χ2n) is 4.12. The number of hydrogen-bond acceptors (Lipinski definition) is 2. The van der Waals surface area contributed by atoms with Gasteiger partial charge < -0.3 is 5.32 Å². The highest BCUT2D eigenvalue weighted by molar-refractivity contribution is 4.93. The first-order chi connectivity index (χ1) is 6.25. The van der Waals surface area contributed by atoms with Crippen molar-refractivity contribution in [2.45, 2.75) is 26.3 Å². The van der Waals surface area contributed by atoms with E-state index in [-0.39, 0.29) is 0 Å². The molecule has 1 atom stereocenters. The Morgan fingerprint density at radius 2 is 2.15 bits per heavy atom. The van der Waals surface area contributed by atoms with Crippen LogP contribution in [0.15, 0.2) is 12.2 Å². The lowest BCUT2D eigenvalue weighted by atomic mass is 10.0. The Kier molecular flexibility index (Phi) is 4.46. The van der Waals surface area contributed by atoms with Gasteiger partial charge in [0.25, 0.3) is 0 Å². The lowest BCUT2D eigenvalue weighted by Crippen LogP contribution is -2.46. The third-order valence-corrected chi connectivity index (χ3v) is 2.74. The van der Waals surface area contributed by atoms with E-state index in [4.69, 9.17) is 0 Å². The second kappa shape index (κ2) is 5.40. The van der Waals surface area contributed by atoms with Gasteiger partial charge in [-0.05, 0) is 19.4 Å². The summed E-state index contributed by atoms with van der Waals surface area (Å²) in [6.07, 6.45) is 5.79. The van der Waals surface area contributed by atoms with Gasteiger partial charge in [-0.15, -0.1) is 0 Å². The molecule has 0 saturated carbocycles. The molecule has 0 aliphatic carbocycles. The largest absolute Gasteiger partial charge is 0.318 e. The van der Waals surface area contributed by atoms with Gasteiger partial charge in [-0.1, -0.05) is 26.0 Å². The van der Waals surface area contributed by atoms with Crippen molar-refractivity contribution in [2.24, 2.45) is 5.92 Å². The molecule has 0 aromatic carbocycles. The van der Waals surface area contributed by atoms with Crippen LogP contribution in [-0.4, -0.2) is 37.6 Å². The van der Waals surface area contributed by atoms with Crippen molar-refractivity contribution in [1.29, 1.82) is 0 Å². The fourth-order valence-corrected chi connectivity index (χ4v) is 1.96. The molecule has 1 heterocycles. The van der Waals surface area contributed by atoms with Crippen LogP contribution in [0.5, 0.6) is 0 Å². The van der Waals surface area contributed by atoms with Crippen molar-refractivity contribution in [3.8, 4) is 0 Å². The summed E-state index contributed by atoms with van der Waals surface area (Å²) in [6, 6.07) is 0.690. The topological polar surface area (TPSA) is 15.3 Å². The Balaban J connectivity index is 2.47. The van der Waals surface area contributed by atoms with E-state index in [1.807, 2.05) is 7.05 Å². The van der Waals surface area contributed by atoms with Crippen molar-refractivity contribution in [2.75, 3.05) is 26.7 Å². The second-order valence-corrected chi connectivity index (χ2v) is 4.12. The first kappa shape index (κ1) is 10.7. The summed E-state index contributed by atoms with van der Waals surface area (Å²) in [5, 5.41) is 3.28. The maximum Gasteiger partial charge on any atom is 0.0246 e. The highest BCUT2D eigenvalue weighted by Crippen LogP contribution is 2.13. The summed E-state index contributed by atoms with van der Waals surface area (Å²) in [4.78, 5) is 2.57. The zero-order chi connectivity index (χ0) is 9.68. The Bertz CT molecular complexity index is 163. The van der Waals surface area contributed by atoms with Gasteiger partial charge in [0.15, 0.2) is 0 Å². The molecule has 0 amide bonds. The Morgan fingerprint density at radius 3 is 2.62 bits per heavy atom. The lowest BCUT2D eigenvalue weighted by Gasteiger charge is -2.35. The summed E-state index contributed by atoms with van der Waals surface area (Å²) >= 11 is 0. The smallest absolute Gasteiger partial charge is 0.0246 e. The number of nitrogens with zero attached hydrogens (tertiary/aromatic N) is 1. The molecule has 0 saturated heterocycles. The molecule has 76 valence electrons.